The number of ether oxygens (including phenoxy) is 1. The Labute approximate surface area is 146 Å². The first-order valence-corrected chi connectivity index (χ1v) is 8.28. The third-order valence-corrected chi connectivity index (χ3v) is 4.76. The van der Waals surface area contributed by atoms with Gasteiger partial charge in [-0.1, -0.05) is 36.4 Å². The largest absolute Gasteiger partial charge is 0.497 e. The second kappa shape index (κ2) is 6.97. The van der Waals surface area contributed by atoms with Gasteiger partial charge < -0.3 is 14.7 Å². The molecule has 0 aliphatic carbocycles. The minimum atomic E-state index is -1.00. The van der Waals surface area contributed by atoms with Crippen LogP contribution in [0.2, 0.25) is 0 Å². The Bertz CT molecular complexity index is 802. The smallest absolute Gasteiger partial charge is 0.331 e. The van der Waals surface area contributed by atoms with Crippen LogP contribution in [0.15, 0.2) is 48.5 Å². The SMILES string of the molecule is COc1cccc(C(C)C(=O)N2CCc3ccccc3C2C(=O)O)c1. The third kappa shape index (κ3) is 3.22. The van der Waals surface area contributed by atoms with Gasteiger partial charge in [0.15, 0.2) is 6.04 Å². The molecule has 1 aliphatic rings. The monoisotopic (exact) mass is 339 g/mol. The minimum absolute atomic E-state index is 0.185. The van der Waals surface area contributed by atoms with Gasteiger partial charge in [-0.25, -0.2) is 4.79 Å². The van der Waals surface area contributed by atoms with Crippen LogP contribution in [0, 0.1) is 0 Å². The highest BCUT2D eigenvalue weighted by Gasteiger charge is 2.37. The Morgan fingerprint density at radius 1 is 1.20 bits per heavy atom. The predicted octanol–water partition coefficient (Wildman–Crippen LogP) is 3.01. The van der Waals surface area contributed by atoms with E-state index in [1.54, 1.807) is 20.1 Å². The number of methoxy groups -OCH3 is 1. The molecule has 0 saturated carbocycles. The molecular weight excluding hydrogens is 318 g/mol. The minimum Gasteiger partial charge on any atom is -0.497 e. The summed E-state index contributed by atoms with van der Waals surface area (Å²) in [5.41, 5.74) is 2.51. The first-order chi connectivity index (χ1) is 12.0. The summed E-state index contributed by atoms with van der Waals surface area (Å²) in [7, 11) is 1.58. The lowest BCUT2D eigenvalue weighted by atomic mass is 9.90. The van der Waals surface area contributed by atoms with Crippen molar-refractivity contribution in [2.75, 3.05) is 13.7 Å². The van der Waals surface area contributed by atoms with Crippen LogP contribution in [0.25, 0.3) is 0 Å². The molecule has 1 aliphatic heterocycles. The Kier molecular flexibility index (Phi) is 4.74. The van der Waals surface area contributed by atoms with Crippen molar-refractivity contribution in [1.29, 1.82) is 0 Å². The van der Waals surface area contributed by atoms with Gasteiger partial charge in [-0.15, -0.1) is 0 Å². The van der Waals surface area contributed by atoms with Gasteiger partial charge >= 0.3 is 5.97 Å². The zero-order valence-corrected chi connectivity index (χ0v) is 14.3. The Morgan fingerprint density at radius 2 is 1.96 bits per heavy atom. The van der Waals surface area contributed by atoms with Crippen LogP contribution in [0.1, 0.15) is 35.6 Å². The molecule has 5 nitrogen and oxygen atoms in total. The van der Waals surface area contributed by atoms with Crippen molar-refractivity contribution in [2.24, 2.45) is 0 Å². The van der Waals surface area contributed by atoms with E-state index in [-0.39, 0.29) is 5.91 Å². The average Bonchev–Trinajstić information content (AvgIpc) is 2.65. The molecule has 2 unspecified atom stereocenters. The van der Waals surface area contributed by atoms with Crippen LogP contribution in [0.4, 0.5) is 0 Å². The van der Waals surface area contributed by atoms with Gasteiger partial charge in [-0.05, 0) is 42.2 Å². The molecule has 3 rings (SSSR count). The number of rotatable bonds is 4. The maximum Gasteiger partial charge on any atom is 0.331 e. The standard InChI is InChI=1S/C20H21NO4/c1-13(15-7-5-8-16(12-15)25-2)19(22)21-11-10-14-6-3-4-9-17(14)18(21)20(23)24/h3-9,12-13,18H,10-11H2,1-2H3,(H,23,24). The zero-order chi connectivity index (χ0) is 18.0. The molecule has 5 heteroatoms. The quantitative estimate of drug-likeness (QED) is 0.930. The maximum absolute atomic E-state index is 13.0. The van der Waals surface area contributed by atoms with Gasteiger partial charge in [-0.2, -0.15) is 0 Å². The molecule has 25 heavy (non-hydrogen) atoms. The summed E-state index contributed by atoms with van der Waals surface area (Å²) in [6.07, 6.45) is 0.663. The number of amides is 1. The highest BCUT2D eigenvalue weighted by molar-refractivity contribution is 5.89. The average molecular weight is 339 g/mol. The van der Waals surface area contributed by atoms with Crippen LogP contribution in [0.5, 0.6) is 5.75 Å². The first-order valence-electron chi connectivity index (χ1n) is 8.28. The number of carbonyl (C=O) groups is 2. The number of aliphatic carboxylic acids is 1. The molecule has 2 atom stereocenters. The Morgan fingerprint density at radius 3 is 2.68 bits per heavy atom. The normalized spacial score (nSPS) is 17.5. The van der Waals surface area contributed by atoms with Gasteiger partial charge in [0.2, 0.25) is 5.91 Å². The molecular formula is C20H21NO4. The highest BCUT2D eigenvalue weighted by atomic mass is 16.5. The van der Waals surface area contributed by atoms with Crippen molar-refractivity contribution in [2.45, 2.75) is 25.3 Å². The van der Waals surface area contributed by atoms with E-state index in [0.717, 1.165) is 11.1 Å². The van der Waals surface area contributed by atoms with Crippen molar-refractivity contribution in [3.8, 4) is 5.75 Å². The van der Waals surface area contributed by atoms with Gasteiger partial charge in [0.05, 0.1) is 13.0 Å². The molecule has 0 saturated heterocycles. The van der Waals surface area contributed by atoms with E-state index in [1.807, 2.05) is 42.5 Å². The second-order valence-corrected chi connectivity index (χ2v) is 6.22. The highest BCUT2D eigenvalue weighted by Crippen LogP contribution is 2.33. The molecule has 0 bridgehead atoms. The number of nitrogens with zero attached hydrogens (tertiary/aromatic N) is 1. The Balaban J connectivity index is 1.91. The molecule has 1 heterocycles. The summed E-state index contributed by atoms with van der Waals surface area (Å²) >= 11 is 0. The molecule has 2 aromatic carbocycles. The number of fused-ring (bicyclic) bond motifs is 1. The Hall–Kier alpha value is -2.82. The number of hydrogen-bond acceptors (Lipinski definition) is 3. The van der Waals surface area contributed by atoms with Gasteiger partial charge in [0.25, 0.3) is 0 Å². The van der Waals surface area contributed by atoms with Crippen LogP contribution in [0.3, 0.4) is 0 Å². The fourth-order valence-electron chi connectivity index (χ4n) is 3.37. The summed E-state index contributed by atoms with van der Waals surface area (Å²) in [6, 6.07) is 13.8. The molecule has 1 amide bonds. The van der Waals surface area contributed by atoms with Crippen LogP contribution < -0.4 is 4.74 Å². The number of carboxylic acids is 1. The van der Waals surface area contributed by atoms with E-state index in [1.165, 1.54) is 4.90 Å². The number of carboxylic acid groups (broad SMARTS) is 1. The number of hydrogen-bond donors (Lipinski definition) is 1. The summed E-state index contributed by atoms with van der Waals surface area (Å²) < 4.78 is 5.22. The van der Waals surface area contributed by atoms with Crippen molar-refractivity contribution < 1.29 is 19.4 Å². The summed E-state index contributed by atoms with van der Waals surface area (Å²) in [5, 5.41) is 9.72. The number of carbonyl (C=O) groups excluding carboxylic acids is 1. The maximum atomic E-state index is 13.0. The molecule has 0 aromatic heterocycles. The number of benzene rings is 2. The van der Waals surface area contributed by atoms with Gasteiger partial charge in [0, 0.05) is 6.54 Å². The van der Waals surface area contributed by atoms with Crippen LogP contribution in [-0.4, -0.2) is 35.5 Å². The molecule has 130 valence electrons. The lowest BCUT2D eigenvalue weighted by Crippen LogP contribution is -2.45. The lowest BCUT2D eigenvalue weighted by Gasteiger charge is -2.36. The van der Waals surface area contributed by atoms with Crippen LogP contribution in [-0.2, 0) is 16.0 Å². The topological polar surface area (TPSA) is 66.8 Å². The van der Waals surface area contributed by atoms with Crippen molar-refractivity contribution in [1.82, 2.24) is 4.90 Å². The summed E-state index contributed by atoms with van der Waals surface area (Å²) in [5.74, 6) is -0.952. The molecule has 0 spiro atoms. The summed E-state index contributed by atoms with van der Waals surface area (Å²) in [6.45, 7) is 2.21. The van der Waals surface area contributed by atoms with E-state index in [2.05, 4.69) is 0 Å². The first kappa shape index (κ1) is 17.0. The van der Waals surface area contributed by atoms with E-state index in [4.69, 9.17) is 4.74 Å². The fourth-order valence-corrected chi connectivity index (χ4v) is 3.37. The van der Waals surface area contributed by atoms with Crippen molar-refractivity contribution in [3.63, 3.8) is 0 Å². The lowest BCUT2D eigenvalue weighted by molar-refractivity contribution is -0.151. The zero-order valence-electron chi connectivity index (χ0n) is 14.3. The van der Waals surface area contributed by atoms with E-state index in [0.29, 0.717) is 24.3 Å². The molecule has 0 radical (unpaired) electrons. The van der Waals surface area contributed by atoms with E-state index < -0.39 is 17.9 Å². The second-order valence-electron chi connectivity index (χ2n) is 6.22. The van der Waals surface area contributed by atoms with Crippen molar-refractivity contribution in [3.05, 3.63) is 65.2 Å². The van der Waals surface area contributed by atoms with E-state index in [9.17, 15) is 14.7 Å². The predicted molar refractivity (Wildman–Crippen MR) is 93.6 cm³/mol. The van der Waals surface area contributed by atoms with Crippen molar-refractivity contribution >= 4 is 11.9 Å². The van der Waals surface area contributed by atoms with Gasteiger partial charge in [-0.3, -0.25) is 4.79 Å². The van der Waals surface area contributed by atoms with E-state index >= 15 is 0 Å². The van der Waals surface area contributed by atoms with Gasteiger partial charge in [0.1, 0.15) is 5.75 Å². The third-order valence-electron chi connectivity index (χ3n) is 4.76. The molecule has 1 N–H and O–H groups in total. The molecule has 0 fully saturated rings. The van der Waals surface area contributed by atoms with Crippen LogP contribution >= 0.6 is 0 Å². The fraction of sp³-hybridized carbons (Fsp3) is 0.300. The summed E-state index contributed by atoms with van der Waals surface area (Å²) in [4.78, 5) is 26.4. The molecule has 2 aromatic rings.